The molecule has 0 aliphatic heterocycles. The Morgan fingerprint density at radius 2 is 2.06 bits per heavy atom. The Hall–Kier alpha value is -0.610. The normalized spacial score (nSPS) is 11.1. The zero-order chi connectivity index (χ0) is 12.1. The van der Waals surface area contributed by atoms with Gasteiger partial charge in [0.05, 0.1) is 5.69 Å². The van der Waals surface area contributed by atoms with Crippen molar-refractivity contribution >= 4 is 16.5 Å². The first-order chi connectivity index (χ1) is 7.58. The van der Waals surface area contributed by atoms with Crippen LogP contribution in [0.3, 0.4) is 0 Å². The van der Waals surface area contributed by atoms with E-state index in [1.807, 2.05) is 11.3 Å². The summed E-state index contributed by atoms with van der Waals surface area (Å²) >= 11 is 1.81. The monoisotopic (exact) mass is 241 g/mol. The van der Waals surface area contributed by atoms with Crippen LogP contribution in [0.2, 0.25) is 0 Å². The van der Waals surface area contributed by atoms with Gasteiger partial charge >= 0.3 is 0 Å². The lowest BCUT2D eigenvalue weighted by Gasteiger charge is -2.11. The molecule has 0 bridgehead atoms. The van der Waals surface area contributed by atoms with Crippen molar-refractivity contribution in [1.82, 2.24) is 10.3 Å². The van der Waals surface area contributed by atoms with Gasteiger partial charge in [0.1, 0.15) is 0 Å². The van der Waals surface area contributed by atoms with Crippen molar-refractivity contribution in [2.45, 2.75) is 46.7 Å². The second kappa shape index (κ2) is 6.21. The Morgan fingerprint density at radius 3 is 2.56 bits per heavy atom. The SMILES string of the molecule is CCc1nc(N(C)CC)sc1CNC(C)C. The Labute approximate surface area is 103 Å². The molecule has 0 amide bonds. The van der Waals surface area contributed by atoms with E-state index in [0.29, 0.717) is 6.04 Å². The van der Waals surface area contributed by atoms with Crippen LogP contribution in [0.15, 0.2) is 0 Å². The highest BCUT2D eigenvalue weighted by atomic mass is 32.1. The second-order valence-corrected chi connectivity index (χ2v) is 5.33. The van der Waals surface area contributed by atoms with Crippen molar-refractivity contribution in [3.8, 4) is 0 Å². The summed E-state index contributed by atoms with van der Waals surface area (Å²) in [5.41, 5.74) is 1.24. The molecule has 0 fully saturated rings. The minimum Gasteiger partial charge on any atom is -0.351 e. The molecule has 1 rings (SSSR count). The van der Waals surface area contributed by atoms with Crippen molar-refractivity contribution in [1.29, 1.82) is 0 Å². The fraction of sp³-hybridized carbons (Fsp3) is 0.750. The van der Waals surface area contributed by atoms with Gasteiger partial charge in [0.15, 0.2) is 5.13 Å². The Balaban J connectivity index is 2.78. The van der Waals surface area contributed by atoms with Crippen LogP contribution in [-0.2, 0) is 13.0 Å². The zero-order valence-electron chi connectivity index (χ0n) is 11.0. The first kappa shape index (κ1) is 13.5. The van der Waals surface area contributed by atoms with Gasteiger partial charge in [0, 0.05) is 31.1 Å². The van der Waals surface area contributed by atoms with Gasteiger partial charge in [0.25, 0.3) is 0 Å². The van der Waals surface area contributed by atoms with E-state index in [9.17, 15) is 0 Å². The third kappa shape index (κ3) is 3.46. The first-order valence-corrected chi connectivity index (χ1v) is 6.83. The summed E-state index contributed by atoms with van der Waals surface area (Å²) in [7, 11) is 2.10. The summed E-state index contributed by atoms with van der Waals surface area (Å²) in [6, 6.07) is 0.527. The quantitative estimate of drug-likeness (QED) is 0.830. The van der Waals surface area contributed by atoms with Gasteiger partial charge in [-0.2, -0.15) is 0 Å². The zero-order valence-corrected chi connectivity index (χ0v) is 11.8. The number of nitrogens with zero attached hydrogens (tertiary/aromatic N) is 2. The van der Waals surface area contributed by atoms with Crippen molar-refractivity contribution in [3.63, 3.8) is 0 Å². The van der Waals surface area contributed by atoms with E-state index < -0.39 is 0 Å². The average Bonchev–Trinajstić information content (AvgIpc) is 2.68. The predicted octanol–water partition coefficient (Wildman–Crippen LogP) is 2.66. The standard InChI is InChI=1S/C12H23N3S/c1-6-10-11(8-13-9(3)4)16-12(14-10)15(5)7-2/h9,13H,6-8H2,1-5H3. The summed E-state index contributed by atoms with van der Waals surface area (Å²) in [6.07, 6.45) is 1.02. The molecular formula is C12H23N3S. The van der Waals surface area contributed by atoms with Crippen LogP contribution in [0.5, 0.6) is 0 Å². The minimum absolute atomic E-state index is 0.527. The summed E-state index contributed by atoms with van der Waals surface area (Å²) in [4.78, 5) is 8.26. The minimum atomic E-state index is 0.527. The summed E-state index contributed by atoms with van der Waals surface area (Å²) in [6.45, 7) is 10.6. The molecule has 0 unspecified atom stereocenters. The van der Waals surface area contributed by atoms with E-state index >= 15 is 0 Å². The summed E-state index contributed by atoms with van der Waals surface area (Å²) in [5.74, 6) is 0. The van der Waals surface area contributed by atoms with Gasteiger partial charge in [-0.05, 0) is 13.3 Å². The van der Waals surface area contributed by atoms with Gasteiger partial charge in [-0.1, -0.05) is 20.8 Å². The number of rotatable bonds is 6. The summed E-state index contributed by atoms with van der Waals surface area (Å²) in [5, 5.41) is 4.60. The van der Waals surface area contributed by atoms with Crippen molar-refractivity contribution in [3.05, 3.63) is 10.6 Å². The molecule has 1 heterocycles. The third-order valence-corrected chi connectivity index (χ3v) is 3.79. The number of hydrogen-bond acceptors (Lipinski definition) is 4. The number of aryl methyl sites for hydroxylation is 1. The van der Waals surface area contributed by atoms with Crippen LogP contribution >= 0.6 is 11.3 Å². The lowest BCUT2D eigenvalue weighted by atomic mass is 10.3. The molecule has 16 heavy (non-hydrogen) atoms. The van der Waals surface area contributed by atoms with Crippen LogP contribution < -0.4 is 10.2 Å². The molecule has 1 N–H and O–H groups in total. The number of thiazole rings is 1. The lowest BCUT2D eigenvalue weighted by Crippen LogP contribution is -2.21. The fourth-order valence-electron chi connectivity index (χ4n) is 1.38. The molecule has 0 spiro atoms. The Kier molecular flexibility index (Phi) is 5.22. The fourth-order valence-corrected chi connectivity index (χ4v) is 2.50. The van der Waals surface area contributed by atoms with Gasteiger partial charge in [-0.25, -0.2) is 4.98 Å². The molecular weight excluding hydrogens is 218 g/mol. The van der Waals surface area contributed by atoms with Gasteiger partial charge in [0.2, 0.25) is 0 Å². The average molecular weight is 241 g/mol. The predicted molar refractivity (Wildman–Crippen MR) is 72.4 cm³/mol. The molecule has 0 aliphatic rings. The van der Waals surface area contributed by atoms with E-state index in [0.717, 1.165) is 24.6 Å². The number of anilines is 1. The maximum absolute atomic E-state index is 4.68. The molecule has 1 aromatic rings. The molecule has 0 saturated heterocycles. The van der Waals surface area contributed by atoms with E-state index in [1.54, 1.807) is 0 Å². The summed E-state index contributed by atoms with van der Waals surface area (Å²) < 4.78 is 0. The molecule has 0 radical (unpaired) electrons. The highest BCUT2D eigenvalue weighted by molar-refractivity contribution is 7.15. The van der Waals surface area contributed by atoms with Crippen LogP contribution in [0.25, 0.3) is 0 Å². The third-order valence-electron chi connectivity index (χ3n) is 2.57. The molecule has 92 valence electrons. The number of hydrogen-bond donors (Lipinski definition) is 1. The van der Waals surface area contributed by atoms with E-state index in [4.69, 9.17) is 0 Å². The molecule has 0 saturated carbocycles. The highest BCUT2D eigenvalue weighted by Crippen LogP contribution is 2.25. The Bertz CT molecular complexity index is 320. The molecule has 1 aromatic heterocycles. The lowest BCUT2D eigenvalue weighted by molar-refractivity contribution is 0.590. The van der Waals surface area contributed by atoms with Gasteiger partial charge in [-0.3, -0.25) is 0 Å². The molecule has 0 aromatic carbocycles. The van der Waals surface area contributed by atoms with Crippen LogP contribution in [-0.4, -0.2) is 24.6 Å². The smallest absolute Gasteiger partial charge is 0.185 e. The van der Waals surface area contributed by atoms with Gasteiger partial charge in [-0.15, -0.1) is 11.3 Å². The molecule has 4 heteroatoms. The van der Waals surface area contributed by atoms with E-state index in [1.165, 1.54) is 10.6 Å². The Morgan fingerprint density at radius 1 is 1.38 bits per heavy atom. The molecule has 0 aliphatic carbocycles. The molecule has 3 nitrogen and oxygen atoms in total. The van der Waals surface area contributed by atoms with Gasteiger partial charge < -0.3 is 10.2 Å². The van der Waals surface area contributed by atoms with Crippen LogP contribution in [0.1, 0.15) is 38.3 Å². The topological polar surface area (TPSA) is 28.2 Å². The van der Waals surface area contributed by atoms with Crippen LogP contribution in [0.4, 0.5) is 5.13 Å². The van der Waals surface area contributed by atoms with E-state index in [-0.39, 0.29) is 0 Å². The van der Waals surface area contributed by atoms with Crippen molar-refractivity contribution in [2.75, 3.05) is 18.5 Å². The maximum atomic E-state index is 4.68. The number of aromatic nitrogens is 1. The maximum Gasteiger partial charge on any atom is 0.185 e. The largest absolute Gasteiger partial charge is 0.351 e. The van der Waals surface area contributed by atoms with Crippen LogP contribution in [0, 0.1) is 0 Å². The molecule has 0 atom stereocenters. The van der Waals surface area contributed by atoms with Crippen molar-refractivity contribution < 1.29 is 0 Å². The number of nitrogens with one attached hydrogen (secondary N) is 1. The van der Waals surface area contributed by atoms with Crippen molar-refractivity contribution in [2.24, 2.45) is 0 Å². The highest BCUT2D eigenvalue weighted by Gasteiger charge is 2.11. The second-order valence-electron chi connectivity index (χ2n) is 4.27. The first-order valence-electron chi connectivity index (χ1n) is 6.01. The van der Waals surface area contributed by atoms with E-state index in [2.05, 4.69) is 49.9 Å².